The van der Waals surface area contributed by atoms with E-state index in [1.165, 1.54) is 5.56 Å². The van der Waals surface area contributed by atoms with Crippen LogP contribution >= 0.6 is 0 Å². The molecule has 4 aromatic heterocycles. The minimum atomic E-state index is 0.149. The van der Waals surface area contributed by atoms with Gasteiger partial charge in [-0.15, -0.1) is 0 Å². The fraction of sp³-hybridized carbons (Fsp3) is 0.370. The zero-order valence-electron chi connectivity index (χ0n) is 20.7. The number of piperidine rings is 1. The molecule has 0 radical (unpaired) electrons. The molecule has 1 amide bonds. The lowest BCUT2D eigenvalue weighted by Gasteiger charge is -2.34. The summed E-state index contributed by atoms with van der Waals surface area (Å²) in [7, 11) is 4.06. The second-order valence-corrected chi connectivity index (χ2v) is 9.70. The molecule has 0 aliphatic carbocycles. The van der Waals surface area contributed by atoms with Crippen molar-refractivity contribution in [1.82, 2.24) is 29.5 Å². The topological polar surface area (TPSA) is 79.5 Å². The van der Waals surface area contributed by atoms with Crippen LogP contribution in [0.5, 0.6) is 0 Å². The predicted octanol–water partition coefficient (Wildman–Crippen LogP) is 3.96. The van der Waals surface area contributed by atoms with Crippen LogP contribution in [0.15, 0.2) is 55.1 Å². The summed E-state index contributed by atoms with van der Waals surface area (Å²) >= 11 is 0. The smallest absolute Gasteiger partial charge is 0.228 e. The average molecular weight is 470 g/mol. The molecule has 0 bridgehead atoms. The summed E-state index contributed by atoms with van der Waals surface area (Å²) in [6.45, 7) is 5.06. The number of carbonyl (C=O) groups is 1. The summed E-state index contributed by atoms with van der Waals surface area (Å²) in [5.41, 5.74) is 5.94. The van der Waals surface area contributed by atoms with Crippen LogP contribution in [-0.4, -0.2) is 62.1 Å². The minimum Gasteiger partial charge on any atom is -0.311 e. The Morgan fingerprint density at radius 3 is 2.69 bits per heavy atom. The molecule has 1 saturated heterocycles. The van der Waals surface area contributed by atoms with Crippen molar-refractivity contribution in [3.05, 3.63) is 72.2 Å². The van der Waals surface area contributed by atoms with Crippen molar-refractivity contribution in [2.45, 2.75) is 45.1 Å². The van der Waals surface area contributed by atoms with E-state index in [0.29, 0.717) is 37.2 Å². The van der Waals surface area contributed by atoms with E-state index in [4.69, 9.17) is 4.98 Å². The van der Waals surface area contributed by atoms with Gasteiger partial charge in [0.1, 0.15) is 5.82 Å². The summed E-state index contributed by atoms with van der Waals surface area (Å²) in [5.74, 6) is 1.26. The Labute approximate surface area is 205 Å². The number of rotatable bonds is 6. The summed E-state index contributed by atoms with van der Waals surface area (Å²) in [6, 6.07) is 10.3. The van der Waals surface area contributed by atoms with Gasteiger partial charge in [0.25, 0.3) is 0 Å². The number of anilines is 1. The molecule has 1 aliphatic rings. The third-order valence-corrected chi connectivity index (χ3v) is 6.76. The highest BCUT2D eigenvalue weighted by atomic mass is 16.2. The maximum Gasteiger partial charge on any atom is 0.228 e. The predicted molar refractivity (Wildman–Crippen MR) is 136 cm³/mol. The first-order valence-electron chi connectivity index (χ1n) is 12.1. The van der Waals surface area contributed by atoms with E-state index in [0.717, 1.165) is 34.6 Å². The highest BCUT2D eigenvalue weighted by Gasteiger charge is 2.28. The first kappa shape index (κ1) is 23.1. The van der Waals surface area contributed by atoms with Gasteiger partial charge in [-0.25, -0.2) is 14.5 Å². The molecule has 8 heteroatoms. The van der Waals surface area contributed by atoms with Crippen LogP contribution in [0.25, 0.3) is 16.8 Å². The number of hydrogen-bond acceptors (Lipinski definition) is 6. The van der Waals surface area contributed by atoms with E-state index in [-0.39, 0.29) is 5.91 Å². The summed E-state index contributed by atoms with van der Waals surface area (Å²) in [4.78, 5) is 30.5. The van der Waals surface area contributed by atoms with E-state index >= 15 is 0 Å². The van der Waals surface area contributed by atoms with Gasteiger partial charge in [0.2, 0.25) is 5.91 Å². The highest BCUT2D eigenvalue weighted by molar-refractivity contribution is 5.94. The molecule has 0 unspecified atom stereocenters. The Morgan fingerprint density at radius 1 is 1.11 bits per heavy atom. The molecule has 1 atom stereocenters. The van der Waals surface area contributed by atoms with E-state index < -0.39 is 0 Å². The quantitative estimate of drug-likeness (QED) is 0.425. The van der Waals surface area contributed by atoms with Gasteiger partial charge in [-0.3, -0.25) is 9.78 Å². The Hall–Kier alpha value is -3.65. The Bertz CT molecular complexity index is 1340. The first-order valence-corrected chi connectivity index (χ1v) is 12.1. The molecule has 35 heavy (non-hydrogen) atoms. The van der Waals surface area contributed by atoms with E-state index in [2.05, 4.69) is 39.9 Å². The maximum atomic E-state index is 12.6. The van der Waals surface area contributed by atoms with E-state index in [9.17, 15) is 4.79 Å². The Balaban J connectivity index is 1.32. The monoisotopic (exact) mass is 469 g/mol. The summed E-state index contributed by atoms with van der Waals surface area (Å²) in [6.07, 6.45) is 9.52. The van der Waals surface area contributed by atoms with Crippen molar-refractivity contribution in [1.29, 1.82) is 0 Å². The standard InChI is InChI=1S/C27H31N7O/c1-18(2)23-17-30-34-12-8-19(13-25(23)34)24-7-10-28-26(31-24)14-20-5-6-22(16-29-20)33-11-9-21(32(3)4)15-27(33)35/h5-8,10,12-13,16-18,21H,9,11,14-15H2,1-4H3/t21-/m1/s1. The van der Waals surface area contributed by atoms with Gasteiger partial charge < -0.3 is 9.80 Å². The van der Waals surface area contributed by atoms with Crippen LogP contribution in [0.2, 0.25) is 0 Å². The molecule has 5 heterocycles. The molecule has 0 spiro atoms. The van der Waals surface area contributed by atoms with Gasteiger partial charge in [-0.05, 0) is 56.8 Å². The molecule has 0 aromatic carbocycles. The summed E-state index contributed by atoms with van der Waals surface area (Å²) in [5, 5.41) is 4.45. The van der Waals surface area contributed by atoms with Gasteiger partial charge in [0, 0.05) is 48.2 Å². The number of aromatic nitrogens is 5. The lowest BCUT2D eigenvalue weighted by atomic mass is 10.0. The number of nitrogens with zero attached hydrogens (tertiary/aromatic N) is 7. The largest absolute Gasteiger partial charge is 0.311 e. The van der Waals surface area contributed by atoms with Gasteiger partial charge >= 0.3 is 0 Å². The second-order valence-electron chi connectivity index (χ2n) is 9.70. The molecule has 5 rings (SSSR count). The third kappa shape index (κ3) is 4.79. The molecule has 1 aliphatic heterocycles. The van der Waals surface area contributed by atoms with Crippen molar-refractivity contribution >= 4 is 17.1 Å². The number of fused-ring (bicyclic) bond motifs is 1. The third-order valence-electron chi connectivity index (χ3n) is 6.76. The maximum absolute atomic E-state index is 12.6. The van der Waals surface area contributed by atoms with Gasteiger partial charge in [-0.2, -0.15) is 5.10 Å². The van der Waals surface area contributed by atoms with Crippen molar-refractivity contribution in [3.63, 3.8) is 0 Å². The van der Waals surface area contributed by atoms with Crippen molar-refractivity contribution < 1.29 is 4.79 Å². The van der Waals surface area contributed by atoms with Crippen LogP contribution in [-0.2, 0) is 11.2 Å². The lowest BCUT2D eigenvalue weighted by Crippen LogP contribution is -2.45. The molecule has 4 aromatic rings. The molecular formula is C27H31N7O. The van der Waals surface area contributed by atoms with Crippen LogP contribution in [0.4, 0.5) is 5.69 Å². The summed E-state index contributed by atoms with van der Waals surface area (Å²) < 4.78 is 1.90. The fourth-order valence-electron chi connectivity index (χ4n) is 4.62. The fourth-order valence-corrected chi connectivity index (χ4v) is 4.62. The number of hydrogen-bond donors (Lipinski definition) is 0. The Kier molecular flexibility index (Phi) is 6.30. The molecule has 0 saturated carbocycles. The zero-order chi connectivity index (χ0) is 24.5. The van der Waals surface area contributed by atoms with Gasteiger partial charge in [0.15, 0.2) is 0 Å². The van der Waals surface area contributed by atoms with Gasteiger partial charge in [-0.1, -0.05) is 13.8 Å². The van der Waals surface area contributed by atoms with Crippen LogP contribution in [0.1, 0.15) is 49.7 Å². The SMILES string of the molecule is CC(C)c1cnn2ccc(-c3ccnc(Cc4ccc(N5CC[C@@H](N(C)C)CC5=O)cn4)n3)cc12. The first-order chi connectivity index (χ1) is 16.9. The van der Waals surface area contributed by atoms with Crippen molar-refractivity contribution in [3.8, 4) is 11.3 Å². The molecule has 180 valence electrons. The molecule has 8 nitrogen and oxygen atoms in total. The van der Waals surface area contributed by atoms with Crippen LogP contribution < -0.4 is 4.90 Å². The minimum absolute atomic E-state index is 0.149. The number of pyridine rings is 2. The Morgan fingerprint density at radius 2 is 1.97 bits per heavy atom. The number of carbonyl (C=O) groups excluding carboxylic acids is 1. The average Bonchev–Trinajstić information content (AvgIpc) is 3.28. The normalized spacial score (nSPS) is 16.6. The molecule has 0 N–H and O–H groups in total. The molecule has 1 fully saturated rings. The van der Waals surface area contributed by atoms with E-state index in [1.807, 2.05) is 60.2 Å². The zero-order valence-corrected chi connectivity index (χ0v) is 20.7. The van der Waals surface area contributed by atoms with Crippen LogP contribution in [0.3, 0.4) is 0 Å². The second kappa shape index (κ2) is 9.54. The van der Waals surface area contributed by atoms with Gasteiger partial charge in [0.05, 0.1) is 35.7 Å². The highest BCUT2D eigenvalue weighted by Crippen LogP contribution is 2.26. The number of amides is 1. The molecular weight excluding hydrogens is 438 g/mol. The van der Waals surface area contributed by atoms with Crippen molar-refractivity contribution in [2.75, 3.05) is 25.5 Å². The van der Waals surface area contributed by atoms with Crippen LogP contribution in [0, 0.1) is 0 Å². The lowest BCUT2D eigenvalue weighted by molar-refractivity contribution is -0.120. The van der Waals surface area contributed by atoms with E-state index in [1.54, 1.807) is 12.4 Å². The van der Waals surface area contributed by atoms with Crippen molar-refractivity contribution in [2.24, 2.45) is 0 Å².